The third-order valence-corrected chi connectivity index (χ3v) is 6.00. The molecule has 3 rings (SSSR count). The van der Waals surface area contributed by atoms with Crippen LogP contribution < -0.4 is 5.32 Å². The first-order valence-corrected chi connectivity index (χ1v) is 8.63. The van der Waals surface area contributed by atoms with Crippen LogP contribution in [0.3, 0.4) is 0 Å². The third kappa shape index (κ3) is 3.13. The van der Waals surface area contributed by atoms with E-state index in [2.05, 4.69) is 24.4 Å². The van der Waals surface area contributed by atoms with Crippen molar-refractivity contribution in [2.24, 2.45) is 11.8 Å². The molecule has 2 nitrogen and oxygen atoms in total. The van der Waals surface area contributed by atoms with Crippen LogP contribution >= 0.6 is 11.6 Å². The molecule has 3 heteroatoms. The molecule has 1 aromatic carbocycles. The zero-order chi connectivity index (χ0) is 14.9. The summed E-state index contributed by atoms with van der Waals surface area (Å²) in [6.07, 6.45) is 5.53. The molecular formula is C18H26ClNO. The highest BCUT2D eigenvalue weighted by molar-refractivity contribution is 6.30. The summed E-state index contributed by atoms with van der Waals surface area (Å²) in [6, 6.07) is 8.26. The largest absolute Gasteiger partial charge is 0.393 e. The maximum Gasteiger partial charge on any atom is 0.0591 e. The molecule has 1 unspecified atom stereocenters. The van der Waals surface area contributed by atoms with Crippen molar-refractivity contribution in [3.05, 3.63) is 34.9 Å². The van der Waals surface area contributed by atoms with Crippen LogP contribution in [0.2, 0.25) is 5.02 Å². The van der Waals surface area contributed by atoms with E-state index in [1.54, 1.807) is 0 Å². The van der Waals surface area contributed by atoms with Gasteiger partial charge in [-0.15, -0.1) is 0 Å². The summed E-state index contributed by atoms with van der Waals surface area (Å²) in [5.41, 5.74) is 1.54. The lowest BCUT2D eigenvalue weighted by molar-refractivity contribution is 0.0200. The first kappa shape index (κ1) is 15.3. The molecule has 1 saturated carbocycles. The first-order chi connectivity index (χ1) is 10.1. The van der Waals surface area contributed by atoms with Gasteiger partial charge in [0, 0.05) is 11.6 Å². The van der Waals surface area contributed by atoms with Gasteiger partial charge in [-0.3, -0.25) is 0 Å². The van der Waals surface area contributed by atoms with Crippen LogP contribution in [-0.4, -0.2) is 24.3 Å². The number of rotatable bonds is 4. The number of halogens is 1. The Hall–Kier alpha value is -0.570. The number of aliphatic hydroxyl groups is 1. The summed E-state index contributed by atoms with van der Waals surface area (Å²) in [5.74, 6) is 1.01. The number of nitrogens with one attached hydrogen (secondary N) is 1. The third-order valence-electron chi connectivity index (χ3n) is 5.75. The molecule has 2 fully saturated rings. The molecule has 1 aliphatic carbocycles. The SMILES string of the molecule is C[C@@H]1CCNC[C@H]1C(O)CC1(c2ccc(Cl)cc2)CCC1. The van der Waals surface area contributed by atoms with E-state index in [1.165, 1.54) is 31.2 Å². The van der Waals surface area contributed by atoms with Crippen LogP contribution in [0.15, 0.2) is 24.3 Å². The second-order valence-electron chi connectivity index (χ2n) is 7.05. The predicted molar refractivity (Wildman–Crippen MR) is 87.7 cm³/mol. The maximum atomic E-state index is 10.8. The molecule has 21 heavy (non-hydrogen) atoms. The number of aliphatic hydroxyl groups excluding tert-OH is 1. The maximum absolute atomic E-state index is 10.8. The lowest BCUT2D eigenvalue weighted by Gasteiger charge is -2.46. The molecule has 1 heterocycles. The minimum absolute atomic E-state index is 0.182. The van der Waals surface area contributed by atoms with E-state index in [4.69, 9.17) is 11.6 Å². The zero-order valence-electron chi connectivity index (χ0n) is 12.8. The van der Waals surface area contributed by atoms with E-state index in [0.717, 1.165) is 24.5 Å². The van der Waals surface area contributed by atoms with Gasteiger partial charge in [0.25, 0.3) is 0 Å². The Morgan fingerprint density at radius 2 is 2.05 bits per heavy atom. The summed E-state index contributed by atoms with van der Waals surface area (Å²) in [5, 5.41) is 15.0. The van der Waals surface area contributed by atoms with Gasteiger partial charge >= 0.3 is 0 Å². The number of hydrogen-bond acceptors (Lipinski definition) is 2. The normalized spacial score (nSPS) is 29.7. The molecular weight excluding hydrogens is 282 g/mol. The highest BCUT2D eigenvalue weighted by Gasteiger charge is 2.42. The molecule has 0 radical (unpaired) electrons. The lowest BCUT2D eigenvalue weighted by atomic mass is 9.60. The lowest BCUT2D eigenvalue weighted by Crippen LogP contribution is -2.46. The summed E-state index contributed by atoms with van der Waals surface area (Å²) in [6.45, 7) is 4.33. The number of benzene rings is 1. The van der Waals surface area contributed by atoms with Gasteiger partial charge in [-0.05, 0) is 67.2 Å². The second-order valence-corrected chi connectivity index (χ2v) is 7.48. The van der Waals surface area contributed by atoms with Crippen LogP contribution in [0.1, 0.15) is 44.6 Å². The molecule has 1 aliphatic heterocycles. The van der Waals surface area contributed by atoms with Gasteiger partial charge in [-0.25, -0.2) is 0 Å². The smallest absolute Gasteiger partial charge is 0.0591 e. The highest BCUT2D eigenvalue weighted by Crippen LogP contribution is 2.48. The Labute approximate surface area is 132 Å². The monoisotopic (exact) mass is 307 g/mol. The van der Waals surface area contributed by atoms with Crippen LogP contribution in [0.25, 0.3) is 0 Å². The summed E-state index contributed by atoms with van der Waals surface area (Å²) in [4.78, 5) is 0. The Morgan fingerprint density at radius 3 is 2.62 bits per heavy atom. The predicted octanol–water partition coefficient (Wildman–Crippen LogP) is 3.76. The van der Waals surface area contributed by atoms with Crippen LogP contribution in [0.4, 0.5) is 0 Å². The quantitative estimate of drug-likeness (QED) is 0.888. The fourth-order valence-electron chi connectivity index (χ4n) is 4.10. The van der Waals surface area contributed by atoms with Crippen molar-refractivity contribution in [1.82, 2.24) is 5.32 Å². The molecule has 1 saturated heterocycles. The highest BCUT2D eigenvalue weighted by atomic mass is 35.5. The molecule has 3 atom stereocenters. The molecule has 0 bridgehead atoms. The zero-order valence-corrected chi connectivity index (χ0v) is 13.6. The molecule has 2 aliphatic rings. The van der Waals surface area contributed by atoms with E-state index >= 15 is 0 Å². The van der Waals surface area contributed by atoms with Gasteiger partial charge < -0.3 is 10.4 Å². The van der Waals surface area contributed by atoms with Gasteiger partial charge in [-0.2, -0.15) is 0 Å². The average molecular weight is 308 g/mol. The Bertz CT molecular complexity index is 469. The van der Waals surface area contributed by atoms with Crippen molar-refractivity contribution in [1.29, 1.82) is 0 Å². The molecule has 2 N–H and O–H groups in total. The van der Waals surface area contributed by atoms with Crippen LogP contribution in [0, 0.1) is 11.8 Å². The fourth-order valence-corrected chi connectivity index (χ4v) is 4.22. The minimum atomic E-state index is -0.205. The van der Waals surface area contributed by atoms with Crippen LogP contribution in [-0.2, 0) is 5.41 Å². The fraction of sp³-hybridized carbons (Fsp3) is 0.667. The first-order valence-electron chi connectivity index (χ1n) is 8.26. The Kier molecular flexibility index (Phi) is 4.58. The van der Waals surface area contributed by atoms with Crippen molar-refractivity contribution >= 4 is 11.6 Å². The summed E-state index contributed by atoms with van der Waals surface area (Å²) >= 11 is 6.01. The van der Waals surface area contributed by atoms with E-state index in [-0.39, 0.29) is 11.5 Å². The number of piperidine rings is 1. The van der Waals surface area contributed by atoms with Gasteiger partial charge in [-0.1, -0.05) is 37.1 Å². The van der Waals surface area contributed by atoms with Crippen molar-refractivity contribution in [2.75, 3.05) is 13.1 Å². The van der Waals surface area contributed by atoms with E-state index in [9.17, 15) is 5.11 Å². The molecule has 0 aromatic heterocycles. The Morgan fingerprint density at radius 1 is 1.33 bits per heavy atom. The van der Waals surface area contributed by atoms with Crippen molar-refractivity contribution in [3.8, 4) is 0 Å². The molecule has 0 spiro atoms. The van der Waals surface area contributed by atoms with Gasteiger partial charge in [0.2, 0.25) is 0 Å². The number of hydrogen-bond donors (Lipinski definition) is 2. The van der Waals surface area contributed by atoms with Crippen molar-refractivity contribution in [3.63, 3.8) is 0 Å². The van der Waals surface area contributed by atoms with Crippen molar-refractivity contribution < 1.29 is 5.11 Å². The van der Waals surface area contributed by atoms with E-state index in [0.29, 0.717) is 11.8 Å². The van der Waals surface area contributed by atoms with Gasteiger partial charge in [0.15, 0.2) is 0 Å². The van der Waals surface area contributed by atoms with E-state index < -0.39 is 0 Å². The summed E-state index contributed by atoms with van der Waals surface area (Å²) in [7, 11) is 0. The topological polar surface area (TPSA) is 32.3 Å². The van der Waals surface area contributed by atoms with E-state index in [1.807, 2.05) is 12.1 Å². The summed E-state index contributed by atoms with van der Waals surface area (Å²) < 4.78 is 0. The molecule has 1 aromatic rings. The average Bonchev–Trinajstić information content (AvgIpc) is 2.44. The van der Waals surface area contributed by atoms with Gasteiger partial charge in [0.1, 0.15) is 0 Å². The minimum Gasteiger partial charge on any atom is -0.393 e. The van der Waals surface area contributed by atoms with Gasteiger partial charge in [0.05, 0.1) is 6.10 Å². The molecule has 116 valence electrons. The van der Waals surface area contributed by atoms with Crippen LogP contribution in [0.5, 0.6) is 0 Å². The molecule has 0 amide bonds. The standard InChI is InChI=1S/C18H26ClNO/c1-13-7-10-20-12-16(13)17(21)11-18(8-2-9-18)14-3-5-15(19)6-4-14/h3-6,13,16-17,20-21H,2,7-12H2,1H3/t13-,16-,17?/m1/s1. The Balaban J connectivity index is 1.73. The van der Waals surface area contributed by atoms with Crippen molar-refractivity contribution in [2.45, 2.75) is 50.5 Å². The second kappa shape index (κ2) is 6.28.